The quantitative estimate of drug-likeness (QED) is 0.0593. The summed E-state index contributed by atoms with van der Waals surface area (Å²) in [4.78, 5) is 0. The number of unbranched alkanes of at least 4 members (excludes halogenated alkanes) is 6. The fraction of sp³-hybridized carbons (Fsp3) is 0.297. The summed E-state index contributed by atoms with van der Waals surface area (Å²) in [5.41, 5.74) is 28.3. The molecule has 0 spiro atoms. The summed E-state index contributed by atoms with van der Waals surface area (Å²) < 4.78 is 0. The minimum Gasteiger partial charge on any atom is -0.0654 e. The smallest absolute Gasteiger partial charge is 0.0215 e. The normalized spacial score (nSPS) is 14.4. The van der Waals surface area contributed by atoms with Crippen LogP contribution in [-0.2, 0) is 16.2 Å². The van der Waals surface area contributed by atoms with Gasteiger partial charge in [-0.15, -0.1) is 0 Å². The van der Waals surface area contributed by atoms with E-state index in [9.17, 15) is 0 Å². The Morgan fingerprint density at radius 1 is 0.198 bits per heavy atom. The highest BCUT2D eigenvalue weighted by atomic mass is 14.5. The third-order valence-electron chi connectivity index (χ3n) is 22.7. The molecule has 91 heavy (non-hydrogen) atoms. The lowest BCUT2D eigenvalue weighted by atomic mass is 9.69. The Bertz CT molecular complexity index is 4320. The average molecular weight is 1180 g/mol. The van der Waals surface area contributed by atoms with Crippen molar-refractivity contribution in [3.05, 3.63) is 252 Å². The minimum absolute atomic E-state index is 0.0175. The van der Waals surface area contributed by atoms with Crippen LogP contribution in [0.15, 0.2) is 218 Å². The van der Waals surface area contributed by atoms with Crippen LogP contribution in [-0.4, -0.2) is 0 Å². The molecular weight excluding hydrogens is 1090 g/mol. The molecule has 0 saturated heterocycles. The van der Waals surface area contributed by atoms with Gasteiger partial charge in [0.1, 0.15) is 0 Å². The molecule has 3 aliphatic rings. The van der Waals surface area contributed by atoms with Crippen LogP contribution in [0.25, 0.3) is 121 Å². The molecule has 12 aromatic carbocycles. The first kappa shape index (κ1) is 59.0. The summed E-state index contributed by atoms with van der Waals surface area (Å²) in [5.74, 6) is 0. The third kappa shape index (κ3) is 9.34. The molecule has 3 aliphatic carbocycles. The number of hydrogen-bond donors (Lipinski definition) is 0. The Kier molecular flexibility index (Phi) is 15.8. The van der Waals surface area contributed by atoms with E-state index in [0.717, 1.165) is 25.7 Å². The maximum atomic E-state index is 2.69. The molecule has 0 heterocycles. The molecule has 0 aromatic heterocycles. The van der Waals surface area contributed by atoms with E-state index < -0.39 is 0 Å². The molecule has 12 aromatic rings. The van der Waals surface area contributed by atoms with E-state index in [-0.39, 0.29) is 16.2 Å². The summed E-state index contributed by atoms with van der Waals surface area (Å²) in [5, 5.41) is 10.6. The molecule has 454 valence electrons. The van der Waals surface area contributed by atoms with Crippen molar-refractivity contribution in [2.75, 3.05) is 0 Å². The van der Waals surface area contributed by atoms with Crippen LogP contribution in [0.5, 0.6) is 0 Å². The monoisotopic (exact) mass is 1180 g/mol. The molecule has 0 atom stereocenters. The average Bonchev–Trinajstić information content (AvgIpc) is 1.69. The molecule has 0 fully saturated rings. The molecule has 0 heteroatoms. The van der Waals surface area contributed by atoms with Gasteiger partial charge in [-0.05, 0) is 217 Å². The van der Waals surface area contributed by atoms with E-state index >= 15 is 0 Å². The van der Waals surface area contributed by atoms with E-state index in [4.69, 9.17) is 0 Å². The first-order chi connectivity index (χ1) is 44.9. The second-order valence-corrected chi connectivity index (χ2v) is 27.7. The molecule has 0 aliphatic heterocycles. The Balaban J connectivity index is 0.887. The summed E-state index contributed by atoms with van der Waals surface area (Å²) >= 11 is 0. The number of fused-ring (bicyclic) bond motifs is 13. The molecule has 0 radical (unpaired) electrons. The minimum atomic E-state index is -0.145. The highest BCUT2D eigenvalue weighted by molar-refractivity contribution is 6.23. The van der Waals surface area contributed by atoms with Gasteiger partial charge in [0.05, 0.1) is 0 Å². The highest BCUT2D eigenvalue weighted by Crippen LogP contribution is 2.60. The SMILES string of the molecule is CCCCC1(CCCC)c2ccccc2-c2ccc(-c3c4ccccc4c(-c4ccc5c(c4)C(CCCC)(CCCC)c4cc(-c6c7ccccc7c(-c7ccc8c(c7)C(CCCC)(CCCC)c7ccccc7-8)c7ccccc67)ccc4-5)c4ccccc34)cc21. The fourth-order valence-corrected chi connectivity index (χ4v) is 18.4. The third-order valence-corrected chi connectivity index (χ3v) is 22.7. The molecule has 0 unspecified atom stereocenters. The topological polar surface area (TPSA) is 0 Å². The van der Waals surface area contributed by atoms with Crippen LogP contribution in [0, 0.1) is 0 Å². The van der Waals surface area contributed by atoms with Gasteiger partial charge in [0.25, 0.3) is 0 Å². The lowest BCUT2D eigenvalue weighted by Crippen LogP contribution is -2.25. The van der Waals surface area contributed by atoms with E-state index in [0.29, 0.717) is 0 Å². The van der Waals surface area contributed by atoms with Crippen molar-refractivity contribution < 1.29 is 0 Å². The van der Waals surface area contributed by atoms with Crippen LogP contribution in [0.2, 0.25) is 0 Å². The fourth-order valence-electron chi connectivity index (χ4n) is 18.4. The highest BCUT2D eigenvalue weighted by Gasteiger charge is 2.46. The van der Waals surface area contributed by atoms with Crippen molar-refractivity contribution in [3.8, 4) is 77.9 Å². The predicted octanol–water partition coefficient (Wildman–Crippen LogP) is 26.9. The molecule has 15 rings (SSSR count). The van der Waals surface area contributed by atoms with Crippen molar-refractivity contribution in [3.63, 3.8) is 0 Å². The van der Waals surface area contributed by atoms with Gasteiger partial charge in [-0.1, -0.05) is 313 Å². The van der Waals surface area contributed by atoms with Gasteiger partial charge in [0, 0.05) is 16.2 Å². The number of hydrogen-bond acceptors (Lipinski definition) is 0. The van der Waals surface area contributed by atoms with Gasteiger partial charge in [-0.25, -0.2) is 0 Å². The predicted molar refractivity (Wildman–Crippen MR) is 394 cm³/mol. The van der Waals surface area contributed by atoms with Crippen LogP contribution >= 0.6 is 0 Å². The first-order valence-electron chi connectivity index (χ1n) is 35.5. The van der Waals surface area contributed by atoms with Crippen LogP contribution in [0.3, 0.4) is 0 Å². The van der Waals surface area contributed by atoms with Crippen LogP contribution < -0.4 is 0 Å². The molecule has 0 N–H and O–H groups in total. The Labute approximate surface area is 542 Å². The summed E-state index contributed by atoms with van der Waals surface area (Å²) in [6.45, 7) is 14.2. The van der Waals surface area contributed by atoms with Crippen molar-refractivity contribution in [1.29, 1.82) is 0 Å². The van der Waals surface area contributed by atoms with Gasteiger partial charge in [0.2, 0.25) is 0 Å². The van der Waals surface area contributed by atoms with Crippen LogP contribution in [0.1, 0.15) is 190 Å². The zero-order valence-corrected chi connectivity index (χ0v) is 55.0. The maximum absolute atomic E-state index is 2.69. The second-order valence-electron chi connectivity index (χ2n) is 27.7. The lowest BCUT2D eigenvalue weighted by molar-refractivity contribution is 0.414. The van der Waals surface area contributed by atoms with Crippen molar-refractivity contribution in [2.24, 2.45) is 0 Å². The molecule has 0 nitrogen and oxygen atoms in total. The summed E-state index contributed by atoms with van der Waals surface area (Å²) in [6, 6.07) is 86.9. The standard InChI is InChI=1S/C91H90/c1-7-13-51-89(52-14-8-2)79-41-29-27-31-65(79)67-47-43-61(57-81(67)89)85-71-33-19-23-37-75(71)87(76-38-24-20-34-72(76)85)63-45-49-69-70-50-46-64(60-84(70)91(55-17-11-5,56-18-12-6)83(69)59-63)88-77-39-25-21-35-73(77)86(74-36-22-26-40-78(74)88)62-44-48-68-66-32-28-30-42-80(66)90(53-15-9-3,54-16-10-4)82(68)58-62/h19-50,57-60H,7-18,51-56H2,1-6H3. The zero-order valence-electron chi connectivity index (χ0n) is 55.0. The first-order valence-corrected chi connectivity index (χ1v) is 35.5. The van der Waals surface area contributed by atoms with Crippen molar-refractivity contribution >= 4 is 43.1 Å². The lowest BCUT2D eigenvalue weighted by Gasteiger charge is -2.33. The van der Waals surface area contributed by atoms with E-state index in [2.05, 4.69) is 260 Å². The zero-order chi connectivity index (χ0) is 61.8. The van der Waals surface area contributed by atoms with Crippen molar-refractivity contribution in [1.82, 2.24) is 0 Å². The van der Waals surface area contributed by atoms with Gasteiger partial charge < -0.3 is 0 Å². The van der Waals surface area contributed by atoms with Gasteiger partial charge in [-0.2, -0.15) is 0 Å². The summed E-state index contributed by atoms with van der Waals surface area (Å²) in [6.07, 6.45) is 21.4. The van der Waals surface area contributed by atoms with Gasteiger partial charge >= 0.3 is 0 Å². The Morgan fingerprint density at radius 3 is 0.604 bits per heavy atom. The number of benzene rings is 12. The number of rotatable bonds is 22. The Morgan fingerprint density at radius 2 is 0.385 bits per heavy atom. The summed E-state index contributed by atoms with van der Waals surface area (Å²) in [7, 11) is 0. The second kappa shape index (κ2) is 24.4. The molecular formula is C91H90. The van der Waals surface area contributed by atoms with Gasteiger partial charge in [-0.3, -0.25) is 0 Å². The maximum Gasteiger partial charge on any atom is 0.0215 e. The van der Waals surface area contributed by atoms with E-state index in [1.54, 1.807) is 11.1 Å². The molecule has 0 bridgehead atoms. The van der Waals surface area contributed by atoms with Crippen molar-refractivity contribution in [2.45, 2.75) is 173 Å². The van der Waals surface area contributed by atoms with Gasteiger partial charge in [0.15, 0.2) is 0 Å². The molecule has 0 amide bonds. The van der Waals surface area contributed by atoms with E-state index in [1.165, 1.54) is 233 Å². The largest absolute Gasteiger partial charge is 0.0654 e. The Hall–Kier alpha value is -8.32. The molecule has 0 saturated carbocycles. The van der Waals surface area contributed by atoms with Crippen LogP contribution in [0.4, 0.5) is 0 Å². The van der Waals surface area contributed by atoms with E-state index in [1.807, 2.05) is 0 Å².